The Morgan fingerprint density at radius 2 is 1.72 bits per heavy atom. The number of carboxylic acid groups (broad SMARTS) is 1. The summed E-state index contributed by atoms with van der Waals surface area (Å²) >= 11 is 1.45. The Hall–Kier alpha value is -2.14. The molecule has 4 nitrogen and oxygen atoms in total. The summed E-state index contributed by atoms with van der Waals surface area (Å²) in [6.45, 7) is 1.92. The summed E-state index contributed by atoms with van der Waals surface area (Å²) in [4.78, 5) is 22.6. The first-order chi connectivity index (χ1) is 8.58. The average molecular weight is 261 g/mol. The summed E-state index contributed by atoms with van der Waals surface area (Å²) in [6.07, 6.45) is 0. The van der Waals surface area contributed by atoms with Gasteiger partial charge in [-0.15, -0.1) is 11.3 Å². The molecule has 0 bridgehead atoms. The minimum Gasteiger partial charge on any atom is -0.478 e. The zero-order chi connectivity index (χ0) is 13.1. The third-order valence-electron chi connectivity index (χ3n) is 2.48. The molecule has 1 amide bonds. The molecule has 0 aliphatic heterocycles. The number of carboxylic acids is 1. The molecule has 0 unspecified atom stereocenters. The summed E-state index contributed by atoms with van der Waals surface area (Å²) in [7, 11) is 0. The van der Waals surface area contributed by atoms with Gasteiger partial charge in [-0.05, 0) is 48.2 Å². The smallest absolute Gasteiger partial charge is 0.335 e. The Bertz CT molecular complexity index is 587. The van der Waals surface area contributed by atoms with Crippen molar-refractivity contribution in [2.24, 2.45) is 0 Å². The monoisotopic (exact) mass is 261 g/mol. The van der Waals surface area contributed by atoms with E-state index in [4.69, 9.17) is 5.11 Å². The van der Waals surface area contributed by atoms with Gasteiger partial charge in [0.1, 0.15) is 0 Å². The molecule has 0 saturated carbocycles. The highest BCUT2D eigenvalue weighted by molar-refractivity contribution is 7.14. The molecule has 0 aliphatic carbocycles. The van der Waals surface area contributed by atoms with Crippen LogP contribution in [-0.4, -0.2) is 17.0 Å². The number of aryl methyl sites for hydroxylation is 1. The van der Waals surface area contributed by atoms with Crippen LogP contribution in [0.15, 0.2) is 35.7 Å². The number of aromatic carboxylic acids is 1. The zero-order valence-electron chi connectivity index (χ0n) is 9.64. The number of carbonyl (C=O) groups excluding carboxylic acids is 1. The summed E-state index contributed by atoms with van der Waals surface area (Å²) in [5.74, 6) is -1.24. The van der Waals surface area contributed by atoms with Gasteiger partial charge >= 0.3 is 5.97 Å². The van der Waals surface area contributed by atoms with E-state index < -0.39 is 5.97 Å². The van der Waals surface area contributed by atoms with E-state index in [9.17, 15) is 9.59 Å². The van der Waals surface area contributed by atoms with Gasteiger partial charge in [-0.2, -0.15) is 0 Å². The van der Waals surface area contributed by atoms with Crippen LogP contribution in [0.4, 0.5) is 5.00 Å². The van der Waals surface area contributed by atoms with Crippen molar-refractivity contribution in [3.63, 3.8) is 0 Å². The molecule has 1 aromatic heterocycles. The molecule has 1 heterocycles. The molecule has 0 radical (unpaired) electrons. The lowest BCUT2D eigenvalue weighted by Gasteiger charge is -2.04. The number of thiophene rings is 1. The lowest BCUT2D eigenvalue weighted by molar-refractivity contribution is 0.0696. The van der Waals surface area contributed by atoms with Gasteiger partial charge in [0, 0.05) is 5.56 Å². The van der Waals surface area contributed by atoms with Crippen molar-refractivity contribution in [2.45, 2.75) is 6.92 Å². The van der Waals surface area contributed by atoms with Crippen molar-refractivity contribution in [1.82, 2.24) is 0 Å². The Morgan fingerprint density at radius 3 is 2.22 bits per heavy atom. The predicted octanol–water partition coefficient (Wildman–Crippen LogP) is 3.01. The van der Waals surface area contributed by atoms with Crippen molar-refractivity contribution in [3.05, 3.63) is 52.4 Å². The summed E-state index contributed by atoms with van der Waals surface area (Å²) in [5.41, 5.74) is 1.61. The molecule has 5 heteroatoms. The van der Waals surface area contributed by atoms with Crippen LogP contribution in [0.5, 0.6) is 0 Å². The third kappa shape index (κ3) is 2.57. The number of anilines is 1. The fourth-order valence-corrected chi connectivity index (χ4v) is 2.25. The number of rotatable bonds is 3. The number of hydrogen-bond donors (Lipinski definition) is 2. The number of carbonyl (C=O) groups is 2. The largest absolute Gasteiger partial charge is 0.478 e. The van der Waals surface area contributed by atoms with E-state index in [2.05, 4.69) is 5.32 Å². The van der Waals surface area contributed by atoms with Gasteiger partial charge in [0.05, 0.1) is 10.6 Å². The van der Waals surface area contributed by atoms with Crippen LogP contribution in [0.3, 0.4) is 0 Å². The Kier molecular flexibility index (Phi) is 3.43. The Morgan fingerprint density at radius 1 is 1.11 bits per heavy atom. The Labute approximate surface area is 108 Å². The van der Waals surface area contributed by atoms with Gasteiger partial charge in [0.2, 0.25) is 0 Å². The van der Waals surface area contributed by atoms with Crippen LogP contribution in [0.25, 0.3) is 0 Å². The predicted molar refractivity (Wildman–Crippen MR) is 70.4 cm³/mol. The second-order valence-corrected chi connectivity index (χ2v) is 4.69. The molecule has 0 fully saturated rings. The molecule has 2 aromatic rings. The highest BCUT2D eigenvalue weighted by atomic mass is 32.1. The topological polar surface area (TPSA) is 66.4 Å². The molecule has 18 heavy (non-hydrogen) atoms. The summed E-state index contributed by atoms with van der Waals surface area (Å²) < 4.78 is 0. The van der Waals surface area contributed by atoms with Crippen molar-refractivity contribution in [1.29, 1.82) is 0 Å². The molecule has 0 spiro atoms. The third-order valence-corrected chi connectivity index (χ3v) is 3.42. The lowest BCUT2D eigenvalue weighted by Crippen LogP contribution is -2.11. The number of benzene rings is 1. The summed E-state index contributed by atoms with van der Waals surface area (Å²) in [6, 6.07) is 7.76. The van der Waals surface area contributed by atoms with Crippen LogP contribution >= 0.6 is 11.3 Å². The molecule has 2 N–H and O–H groups in total. The van der Waals surface area contributed by atoms with Crippen molar-refractivity contribution in [3.8, 4) is 0 Å². The minimum atomic E-state index is -1.00. The maximum Gasteiger partial charge on any atom is 0.335 e. The van der Waals surface area contributed by atoms with Gasteiger partial charge < -0.3 is 10.4 Å². The molecular formula is C13H11NO3S. The van der Waals surface area contributed by atoms with E-state index in [0.717, 1.165) is 10.6 Å². The minimum absolute atomic E-state index is 0.166. The first-order valence-electron chi connectivity index (χ1n) is 5.27. The van der Waals surface area contributed by atoms with Crippen LogP contribution in [-0.2, 0) is 0 Å². The van der Waals surface area contributed by atoms with E-state index in [1.807, 2.05) is 18.4 Å². The first kappa shape index (κ1) is 12.3. The van der Waals surface area contributed by atoms with Crippen LogP contribution in [0.2, 0.25) is 0 Å². The normalized spacial score (nSPS) is 10.1. The standard InChI is InChI=1S/C13H11NO3S/c1-8-6-7-18-12(8)14-11(15)9-2-4-10(5-3-9)13(16)17/h2-7H,1H3,(H,14,15)(H,16,17). The van der Waals surface area contributed by atoms with E-state index in [-0.39, 0.29) is 11.5 Å². The van der Waals surface area contributed by atoms with Gasteiger partial charge in [-0.3, -0.25) is 4.79 Å². The van der Waals surface area contributed by atoms with E-state index in [0.29, 0.717) is 5.56 Å². The van der Waals surface area contributed by atoms with Gasteiger partial charge in [-0.1, -0.05) is 0 Å². The fourth-order valence-electron chi connectivity index (χ4n) is 1.44. The van der Waals surface area contributed by atoms with Gasteiger partial charge in [0.15, 0.2) is 0 Å². The maximum atomic E-state index is 11.9. The SMILES string of the molecule is Cc1ccsc1NC(=O)c1ccc(C(=O)O)cc1. The fraction of sp³-hybridized carbons (Fsp3) is 0.0769. The molecule has 0 aliphatic rings. The molecule has 1 aromatic carbocycles. The number of amides is 1. The quantitative estimate of drug-likeness (QED) is 0.892. The Balaban J connectivity index is 2.14. The van der Waals surface area contributed by atoms with Crippen molar-refractivity contribution in [2.75, 3.05) is 5.32 Å². The first-order valence-corrected chi connectivity index (χ1v) is 6.14. The van der Waals surface area contributed by atoms with Crippen LogP contribution in [0.1, 0.15) is 26.3 Å². The second kappa shape index (κ2) is 5.01. The number of hydrogen-bond acceptors (Lipinski definition) is 3. The lowest BCUT2D eigenvalue weighted by atomic mass is 10.1. The number of nitrogens with one attached hydrogen (secondary N) is 1. The summed E-state index contributed by atoms with van der Waals surface area (Å²) in [5, 5.41) is 14.3. The zero-order valence-corrected chi connectivity index (χ0v) is 10.5. The molecule has 2 rings (SSSR count). The maximum absolute atomic E-state index is 11.9. The van der Waals surface area contributed by atoms with Crippen molar-refractivity contribution >= 4 is 28.2 Å². The molecule has 0 atom stereocenters. The molecule has 92 valence electrons. The molecular weight excluding hydrogens is 250 g/mol. The van der Waals surface area contributed by atoms with E-state index in [1.54, 1.807) is 0 Å². The second-order valence-electron chi connectivity index (χ2n) is 3.77. The van der Waals surface area contributed by atoms with Gasteiger partial charge in [-0.25, -0.2) is 4.79 Å². The average Bonchev–Trinajstić information content (AvgIpc) is 2.75. The molecule has 0 saturated heterocycles. The van der Waals surface area contributed by atoms with Gasteiger partial charge in [0.25, 0.3) is 5.91 Å². The van der Waals surface area contributed by atoms with Crippen molar-refractivity contribution < 1.29 is 14.7 Å². The highest BCUT2D eigenvalue weighted by Gasteiger charge is 2.09. The highest BCUT2D eigenvalue weighted by Crippen LogP contribution is 2.22. The van der Waals surface area contributed by atoms with Crippen LogP contribution < -0.4 is 5.32 Å². The van der Waals surface area contributed by atoms with E-state index in [1.165, 1.54) is 35.6 Å². The van der Waals surface area contributed by atoms with Crippen LogP contribution in [0, 0.1) is 6.92 Å². The van der Waals surface area contributed by atoms with E-state index >= 15 is 0 Å².